The van der Waals surface area contributed by atoms with Crippen molar-refractivity contribution < 1.29 is 10.0 Å². The Kier molecular flexibility index (Phi) is 4.90. The van der Waals surface area contributed by atoms with Crippen molar-refractivity contribution in [2.45, 2.75) is 17.3 Å². The van der Waals surface area contributed by atoms with Crippen molar-refractivity contribution in [3.05, 3.63) is 82.4 Å². The summed E-state index contributed by atoms with van der Waals surface area (Å²) in [6, 6.07) is 13.5. The zero-order valence-corrected chi connectivity index (χ0v) is 15.4. The number of fused-ring (bicyclic) bond motifs is 1. The summed E-state index contributed by atoms with van der Waals surface area (Å²) in [5, 5.41) is 21.1. The Balaban J connectivity index is 1.53. The van der Waals surface area contributed by atoms with Gasteiger partial charge in [0, 0.05) is 17.9 Å². The van der Waals surface area contributed by atoms with E-state index in [2.05, 4.69) is 15.0 Å². The molecule has 2 heterocycles. The molecule has 2 aromatic carbocycles. The van der Waals surface area contributed by atoms with Crippen molar-refractivity contribution in [2.24, 2.45) is 0 Å². The molecular weight excluding hydrogens is 378 g/mol. The Hall–Kier alpha value is -3.46. The van der Waals surface area contributed by atoms with E-state index in [0.29, 0.717) is 23.5 Å². The lowest BCUT2D eigenvalue weighted by molar-refractivity contribution is -0.384. The molecule has 8 nitrogen and oxygen atoms in total. The Morgan fingerprint density at radius 2 is 1.89 bits per heavy atom. The number of nitrogens with zero attached hydrogens (tertiary/aromatic N) is 5. The normalized spacial score (nSPS) is 11.0. The van der Waals surface area contributed by atoms with Gasteiger partial charge in [0.1, 0.15) is 22.6 Å². The van der Waals surface area contributed by atoms with Crippen LogP contribution in [-0.4, -0.2) is 29.5 Å². The molecule has 4 rings (SSSR count). The number of nitro benzene ring substituents is 1. The predicted molar refractivity (Wildman–Crippen MR) is 105 cm³/mol. The van der Waals surface area contributed by atoms with Crippen LogP contribution in [0.5, 0.6) is 5.75 Å². The highest BCUT2D eigenvalue weighted by Gasteiger charge is 2.12. The van der Waals surface area contributed by atoms with Crippen LogP contribution < -0.4 is 0 Å². The molecule has 0 spiro atoms. The first-order valence-corrected chi connectivity index (χ1v) is 9.38. The third-order valence-corrected chi connectivity index (χ3v) is 5.20. The summed E-state index contributed by atoms with van der Waals surface area (Å²) >= 11 is 1.50. The SMILES string of the molecule is O=[N+]([O-])c1ccc(CSc2ncnc3c2ncn3Cc2cccc(O)c2)cc1. The molecule has 0 aliphatic rings. The fourth-order valence-electron chi connectivity index (χ4n) is 2.80. The van der Waals surface area contributed by atoms with E-state index in [9.17, 15) is 15.2 Å². The number of imidazole rings is 1. The highest BCUT2D eigenvalue weighted by Crippen LogP contribution is 2.27. The maximum atomic E-state index is 10.7. The molecule has 140 valence electrons. The summed E-state index contributed by atoms with van der Waals surface area (Å²) < 4.78 is 1.90. The zero-order valence-electron chi connectivity index (χ0n) is 14.6. The van der Waals surface area contributed by atoms with E-state index < -0.39 is 4.92 Å². The summed E-state index contributed by atoms with van der Waals surface area (Å²) in [5.41, 5.74) is 3.39. The van der Waals surface area contributed by atoms with Gasteiger partial charge in [0.25, 0.3) is 5.69 Å². The molecule has 0 bridgehead atoms. The minimum Gasteiger partial charge on any atom is -0.508 e. The molecule has 0 amide bonds. The van der Waals surface area contributed by atoms with E-state index in [-0.39, 0.29) is 11.4 Å². The van der Waals surface area contributed by atoms with Gasteiger partial charge in [-0.3, -0.25) is 10.1 Å². The number of phenols is 1. The lowest BCUT2D eigenvalue weighted by atomic mass is 10.2. The molecule has 0 unspecified atom stereocenters. The summed E-state index contributed by atoms with van der Waals surface area (Å²) in [6.45, 7) is 0.536. The van der Waals surface area contributed by atoms with Crippen LogP contribution in [0.1, 0.15) is 11.1 Å². The van der Waals surface area contributed by atoms with E-state index >= 15 is 0 Å². The molecule has 0 saturated heterocycles. The summed E-state index contributed by atoms with van der Waals surface area (Å²) in [6.07, 6.45) is 3.21. The van der Waals surface area contributed by atoms with Crippen LogP contribution in [0.15, 0.2) is 66.2 Å². The van der Waals surface area contributed by atoms with Crippen LogP contribution in [0.25, 0.3) is 11.2 Å². The van der Waals surface area contributed by atoms with E-state index in [1.807, 2.05) is 10.6 Å². The third-order valence-electron chi connectivity index (χ3n) is 4.15. The van der Waals surface area contributed by atoms with Crippen LogP contribution >= 0.6 is 11.8 Å². The number of rotatable bonds is 6. The first-order chi connectivity index (χ1) is 13.6. The molecule has 0 aliphatic carbocycles. The van der Waals surface area contributed by atoms with Gasteiger partial charge in [-0.05, 0) is 23.3 Å². The minimum atomic E-state index is -0.413. The van der Waals surface area contributed by atoms with Gasteiger partial charge in [-0.2, -0.15) is 0 Å². The maximum Gasteiger partial charge on any atom is 0.269 e. The Bertz CT molecular complexity index is 1140. The lowest BCUT2D eigenvalue weighted by Crippen LogP contribution is -1.99. The van der Waals surface area contributed by atoms with Gasteiger partial charge in [0.15, 0.2) is 5.65 Å². The Labute approximate surface area is 164 Å². The van der Waals surface area contributed by atoms with Crippen LogP contribution in [0.4, 0.5) is 5.69 Å². The number of thioether (sulfide) groups is 1. The molecule has 0 atom stereocenters. The predicted octanol–water partition coefficient (Wildman–Crippen LogP) is 3.78. The van der Waals surface area contributed by atoms with Crippen molar-refractivity contribution >= 4 is 28.6 Å². The number of phenolic OH excluding ortho intramolecular Hbond substituents is 1. The fraction of sp³-hybridized carbons (Fsp3) is 0.105. The van der Waals surface area contributed by atoms with Crippen molar-refractivity contribution in [1.82, 2.24) is 19.5 Å². The summed E-state index contributed by atoms with van der Waals surface area (Å²) in [7, 11) is 0. The monoisotopic (exact) mass is 393 g/mol. The zero-order chi connectivity index (χ0) is 19.5. The number of hydrogen-bond acceptors (Lipinski definition) is 7. The number of nitro groups is 1. The van der Waals surface area contributed by atoms with Gasteiger partial charge in [-0.15, -0.1) is 0 Å². The van der Waals surface area contributed by atoms with E-state index in [0.717, 1.165) is 16.2 Å². The van der Waals surface area contributed by atoms with Crippen molar-refractivity contribution in [3.63, 3.8) is 0 Å². The number of aromatic hydroxyl groups is 1. The molecule has 1 N–H and O–H groups in total. The second kappa shape index (κ2) is 7.65. The Morgan fingerprint density at radius 1 is 1.07 bits per heavy atom. The van der Waals surface area contributed by atoms with Crippen LogP contribution in [-0.2, 0) is 12.3 Å². The van der Waals surface area contributed by atoms with Crippen molar-refractivity contribution in [1.29, 1.82) is 0 Å². The first-order valence-electron chi connectivity index (χ1n) is 8.40. The van der Waals surface area contributed by atoms with Gasteiger partial charge in [0.2, 0.25) is 0 Å². The standard InChI is InChI=1S/C19H15N5O3S/c25-16-3-1-2-14(8-16)9-23-12-22-17-18(23)20-11-21-19(17)28-10-13-4-6-15(7-5-13)24(26)27/h1-8,11-12,25H,9-10H2. The molecular formula is C19H15N5O3S. The molecule has 4 aromatic rings. The summed E-state index contributed by atoms with van der Waals surface area (Å²) in [4.78, 5) is 23.5. The summed E-state index contributed by atoms with van der Waals surface area (Å²) in [5.74, 6) is 0.833. The van der Waals surface area contributed by atoms with Crippen LogP contribution in [0.2, 0.25) is 0 Å². The third kappa shape index (κ3) is 3.79. The first kappa shape index (κ1) is 17.9. The molecule has 0 radical (unpaired) electrons. The van der Waals surface area contributed by atoms with Crippen LogP contribution in [0.3, 0.4) is 0 Å². The molecule has 2 aromatic heterocycles. The average molecular weight is 393 g/mol. The van der Waals surface area contributed by atoms with E-state index in [4.69, 9.17) is 0 Å². The average Bonchev–Trinajstić information content (AvgIpc) is 3.10. The van der Waals surface area contributed by atoms with E-state index in [1.54, 1.807) is 36.7 Å². The number of aromatic nitrogens is 4. The number of hydrogen-bond donors (Lipinski definition) is 1. The smallest absolute Gasteiger partial charge is 0.269 e. The number of non-ortho nitro benzene ring substituents is 1. The minimum absolute atomic E-state index is 0.0730. The fourth-order valence-corrected chi connectivity index (χ4v) is 3.70. The van der Waals surface area contributed by atoms with Crippen molar-refractivity contribution in [2.75, 3.05) is 0 Å². The van der Waals surface area contributed by atoms with Gasteiger partial charge in [-0.25, -0.2) is 15.0 Å². The number of benzene rings is 2. The molecule has 28 heavy (non-hydrogen) atoms. The molecule has 0 saturated carbocycles. The molecule has 9 heteroatoms. The lowest BCUT2D eigenvalue weighted by Gasteiger charge is -2.05. The second-order valence-electron chi connectivity index (χ2n) is 6.11. The quantitative estimate of drug-likeness (QED) is 0.230. The van der Waals surface area contributed by atoms with Gasteiger partial charge in [0.05, 0.1) is 17.8 Å². The maximum absolute atomic E-state index is 10.7. The van der Waals surface area contributed by atoms with Gasteiger partial charge in [-0.1, -0.05) is 36.0 Å². The van der Waals surface area contributed by atoms with Crippen molar-refractivity contribution in [3.8, 4) is 5.75 Å². The molecule has 0 fully saturated rings. The highest BCUT2D eigenvalue weighted by atomic mass is 32.2. The topological polar surface area (TPSA) is 107 Å². The van der Waals surface area contributed by atoms with E-state index in [1.165, 1.54) is 30.2 Å². The Morgan fingerprint density at radius 3 is 2.64 bits per heavy atom. The van der Waals surface area contributed by atoms with Crippen LogP contribution in [0, 0.1) is 10.1 Å². The van der Waals surface area contributed by atoms with Gasteiger partial charge < -0.3 is 9.67 Å². The second-order valence-corrected chi connectivity index (χ2v) is 7.07. The highest BCUT2D eigenvalue weighted by molar-refractivity contribution is 7.98. The van der Waals surface area contributed by atoms with Gasteiger partial charge >= 0.3 is 0 Å². The molecule has 0 aliphatic heterocycles. The largest absolute Gasteiger partial charge is 0.508 e.